The highest BCUT2D eigenvalue weighted by Crippen LogP contribution is 2.42. The minimum atomic E-state index is -3.89. The van der Waals surface area contributed by atoms with E-state index in [9.17, 15) is 26.8 Å². The van der Waals surface area contributed by atoms with Crippen molar-refractivity contribution >= 4 is 21.7 Å². The first kappa shape index (κ1) is 24.0. The molecule has 3 rings (SSSR count). The number of halogens is 2. The van der Waals surface area contributed by atoms with Gasteiger partial charge in [-0.05, 0) is 44.0 Å². The quantitative estimate of drug-likeness (QED) is 0.556. The van der Waals surface area contributed by atoms with E-state index in [-0.39, 0.29) is 41.3 Å². The molecule has 0 radical (unpaired) electrons. The lowest BCUT2D eigenvalue weighted by Gasteiger charge is -2.30. The Hall–Kier alpha value is -2.65. The summed E-state index contributed by atoms with van der Waals surface area (Å²) in [7, 11) is -3.89. The molecule has 0 heterocycles. The van der Waals surface area contributed by atoms with Crippen LogP contribution in [0.1, 0.15) is 54.9 Å². The highest BCUT2D eigenvalue weighted by atomic mass is 32.2. The third-order valence-corrected chi connectivity index (χ3v) is 7.33. The van der Waals surface area contributed by atoms with Crippen LogP contribution in [0.2, 0.25) is 0 Å². The van der Waals surface area contributed by atoms with E-state index in [0.29, 0.717) is 12.8 Å². The van der Waals surface area contributed by atoms with E-state index >= 15 is 0 Å². The lowest BCUT2D eigenvalue weighted by Crippen LogP contribution is -2.41. The zero-order valence-electron chi connectivity index (χ0n) is 17.8. The number of nitrogens with one attached hydrogen (secondary N) is 2. The minimum absolute atomic E-state index is 0.00357. The molecule has 0 atom stereocenters. The zero-order chi connectivity index (χ0) is 23.4. The van der Waals surface area contributed by atoms with Crippen LogP contribution in [0.5, 0.6) is 0 Å². The Bertz CT molecular complexity index is 1090. The molecule has 2 N–H and O–H groups in total. The molecule has 1 saturated carbocycles. The Morgan fingerprint density at radius 1 is 1.03 bits per heavy atom. The number of benzene rings is 2. The maximum absolute atomic E-state index is 14.4. The molecule has 2 aromatic carbocycles. The Kier molecular flexibility index (Phi) is 7.40. The van der Waals surface area contributed by atoms with Crippen molar-refractivity contribution in [3.63, 3.8) is 0 Å². The van der Waals surface area contributed by atoms with Crippen LogP contribution < -0.4 is 10.0 Å². The van der Waals surface area contributed by atoms with Crippen LogP contribution >= 0.6 is 0 Å². The van der Waals surface area contributed by atoms with Crippen molar-refractivity contribution in [2.75, 3.05) is 13.1 Å². The fourth-order valence-corrected chi connectivity index (χ4v) is 5.27. The number of amides is 1. The molecule has 0 bridgehead atoms. The highest BCUT2D eigenvalue weighted by molar-refractivity contribution is 7.89. The molecule has 1 amide bonds. The van der Waals surface area contributed by atoms with Gasteiger partial charge < -0.3 is 5.32 Å². The maximum Gasteiger partial charge on any atom is 0.240 e. The summed E-state index contributed by atoms with van der Waals surface area (Å²) in [5.41, 5.74) is -0.533. The van der Waals surface area contributed by atoms with E-state index in [1.165, 1.54) is 49.4 Å². The van der Waals surface area contributed by atoms with Crippen LogP contribution in [-0.2, 0) is 20.2 Å². The molecule has 2 aromatic rings. The van der Waals surface area contributed by atoms with Crippen molar-refractivity contribution < 1.29 is 26.8 Å². The van der Waals surface area contributed by atoms with Crippen molar-refractivity contribution in [2.24, 2.45) is 0 Å². The Morgan fingerprint density at radius 2 is 1.66 bits per heavy atom. The molecule has 0 unspecified atom stereocenters. The van der Waals surface area contributed by atoms with Crippen LogP contribution in [0.3, 0.4) is 0 Å². The number of hydrogen-bond acceptors (Lipinski definition) is 4. The predicted molar refractivity (Wildman–Crippen MR) is 116 cm³/mol. The van der Waals surface area contributed by atoms with E-state index < -0.39 is 33.0 Å². The van der Waals surface area contributed by atoms with Crippen molar-refractivity contribution in [3.8, 4) is 0 Å². The predicted octanol–water partition coefficient (Wildman–Crippen LogP) is 3.46. The van der Waals surface area contributed by atoms with Crippen molar-refractivity contribution in [2.45, 2.75) is 49.3 Å². The molecule has 172 valence electrons. The van der Waals surface area contributed by atoms with E-state index in [0.717, 1.165) is 12.8 Å². The van der Waals surface area contributed by atoms with Gasteiger partial charge in [0.1, 0.15) is 11.6 Å². The average molecular weight is 465 g/mol. The highest BCUT2D eigenvalue weighted by Gasteiger charge is 2.40. The van der Waals surface area contributed by atoms with Gasteiger partial charge in [-0.15, -0.1) is 0 Å². The van der Waals surface area contributed by atoms with Gasteiger partial charge in [0.05, 0.1) is 4.90 Å². The largest absolute Gasteiger partial charge is 0.355 e. The minimum Gasteiger partial charge on any atom is -0.355 e. The van der Waals surface area contributed by atoms with Crippen LogP contribution in [0.4, 0.5) is 8.78 Å². The van der Waals surface area contributed by atoms with Crippen molar-refractivity contribution in [1.82, 2.24) is 10.0 Å². The second-order valence-electron chi connectivity index (χ2n) is 8.09. The number of carbonyl (C=O) groups is 2. The van der Waals surface area contributed by atoms with E-state index in [1.54, 1.807) is 0 Å². The fraction of sp³-hybridized carbons (Fsp3) is 0.391. The molecule has 9 heteroatoms. The molecule has 32 heavy (non-hydrogen) atoms. The van der Waals surface area contributed by atoms with Gasteiger partial charge >= 0.3 is 0 Å². The van der Waals surface area contributed by atoms with Gasteiger partial charge in [0.15, 0.2) is 5.78 Å². The van der Waals surface area contributed by atoms with Crippen molar-refractivity contribution in [3.05, 3.63) is 65.2 Å². The standard InChI is InChI=1S/C23H26F2N2O4S/c1-16(28)17-6-4-7-18(14-17)32(30,31)27-13-10-21(29)26-15-23(11-2-3-12-23)22-19(24)8-5-9-20(22)25/h4-9,14,27H,2-3,10-13,15H2,1H3,(H,26,29). The van der Waals surface area contributed by atoms with Crippen LogP contribution in [-0.4, -0.2) is 33.2 Å². The average Bonchev–Trinajstić information content (AvgIpc) is 3.22. The summed E-state index contributed by atoms with van der Waals surface area (Å²) in [4.78, 5) is 23.7. The summed E-state index contributed by atoms with van der Waals surface area (Å²) in [6.45, 7) is 1.27. The van der Waals surface area contributed by atoms with Gasteiger partial charge in [-0.25, -0.2) is 21.9 Å². The van der Waals surface area contributed by atoms with Crippen molar-refractivity contribution in [1.29, 1.82) is 0 Å². The summed E-state index contributed by atoms with van der Waals surface area (Å²) >= 11 is 0. The number of sulfonamides is 1. The van der Waals surface area contributed by atoms with Gasteiger partial charge in [0.2, 0.25) is 15.9 Å². The number of hydrogen-bond donors (Lipinski definition) is 2. The first-order valence-corrected chi connectivity index (χ1v) is 11.9. The van der Waals surface area contributed by atoms with E-state index in [4.69, 9.17) is 0 Å². The van der Waals surface area contributed by atoms with E-state index in [2.05, 4.69) is 10.0 Å². The molecule has 1 fully saturated rings. The Balaban J connectivity index is 1.59. The number of rotatable bonds is 9. The Labute approximate surface area is 186 Å². The second-order valence-corrected chi connectivity index (χ2v) is 9.86. The first-order valence-electron chi connectivity index (χ1n) is 10.5. The van der Waals surface area contributed by atoms with Gasteiger partial charge in [-0.1, -0.05) is 31.0 Å². The molecule has 6 nitrogen and oxygen atoms in total. The van der Waals surface area contributed by atoms with Crippen LogP contribution in [0.25, 0.3) is 0 Å². The number of Topliss-reactive ketones (excluding diaryl/α,β-unsaturated/α-hetero) is 1. The summed E-state index contributed by atoms with van der Waals surface area (Å²) in [6.07, 6.45) is 2.60. The monoisotopic (exact) mass is 464 g/mol. The van der Waals surface area contributed by atoms with E-state index in [1.807, 2.05) is 0 Å². The number of carbonyl (C=O) groups excluding carboxylic acids is 2. The first-order chi connectivity index (χ1) is 15.1. The molecule has 0 spiro atoms. The molecule has 1 aliphatic carbocycles. The normalized spacial score (nSPS) is 15.5. The third kappa shape index (κ3) is 5.39. The molecular weight excluding hydrogens is 438 g/mol. The summed E-state index contributed by atoms with van der Waals surface area (Å²) in [5.74, 6) is -1.93. The zero-order valence-corrected chi connectivity index (χ0v) is 18.6. The third-order valence-electron chi connectivity index (χ3n) is 5.87. The molecule has 0 saturated heterocycles. The topological polar surface area (TPSA) is 92.3 Å². The van der Waals surface area contributed by atoms with Gasteiger partial charge in [0, 0.05) is 36.1 Å². The second kappa shape index (κ2) is 9.87. The Morgan fingerprint density at radius 3 is 2.28 bits per heavy atom. The summed E-state index contributed by atoms with van der Waals surface area (Å²) < 4.78 is 56.0. The van der Waals surface area contributed by atoms with Crippen LogP contribution in [0.15, 0.2) is 47.4 Å². The lowest BCUT2D eigenvalue weighted by atomic mass is 9.78. The molecular formula is C23H26F2N2O4S. The number of ketones is 1. The summed E-state index contributed by atoms with van der Waals surface area (Å²) in [6, 6.07) is 9.38. The van der Waals surface area contributed by atoms with Gasteiger partial charge in [0.25, 0.3) is 0 Å². The molecule has 1 aliphatic rings. The van der Waals surface area contributed by atoms with Crippen LogP contribution in [0, 0.1) is 11.6 Å². The smallest absolute Gasteiger partial charge is 0.240 e. The molecule has 0 aliphatic heterocycles. The van der Waals surface area contributed by atoms with Gasteiger partial charge in [-0.3, -0.25) is 9.59 Å². The lowest BCUT2D eigenvalue weighted by molar-refractivity contribution is -0.121. The van der Waals surface area contributed by atoms with Gasteiger partial charge in [-0.2, -0.15) is 0 Å². The SMILES string of the molecule is CC(=O)c1cccc(S(=O)(=O)NCCC(=O)NCC2(c3c(F)cccc3F)CCCC2)c1. The molecule has 0 aromatic heterocycles. The maximum atomic E-state index is 14.4. The summed E-state index contributed by atoms with van der Waals surface area (Å²) in [5, 5.41) is 2.72. The fourth-order valence-electron chi connectivity index (χ4n) is 4.19.